The number of nitrogens with two attached hydrogens (primary N) is 1. The van der Waals surface area contributed by atoms with Gasteiger partial charge in [0.2, 0.25) is 5.89 Å². The van der Waals surface area contributed by atoms with Crippen LogP contribution in [0.4, 0.5) is 0 Å². The van der Waals surface area contributed by atoms with E-state index in [1.807, 2.05) is 6.07 Å². The van der Waals surface area contributed by atoms with Crippen LogP contribution < -0.4 is 5.73 Å². The number of halogens is 2. The minimum absolute atomic E-state index is 0.0624. The Labute approximate surface area is 128 Å². The molecule has 2 rings (SSSR count). The predicted octanol–water partition coefficient (Wildman–Crippen LogP) is 3.64. The lowest BCUT2D eigenvalue weighted by Crippen LogP contribution is -2.22. The minimum Gasteiger partial charge on any atom is -0.339 e. The van der Waals surface area contributed by atoms with Crippen LogP contribution in [0.3, 0.4) is 0 Å². The summed E-state index contributed by atoms with van der Waals surface area (Å²) in [5.74, 6) is 1.18. The van der Waals surface area contributed by atoms with E-state index < -0.39 is 0 Å². The Hall–Kier alpha value is -1.10. The van der Waals surface area contributed by atoms with Crippen molar-refractivity contribution in [2.45, 2.75) is 38.6 Å². The lowest BCUT2D eigenvalue weighted by Gasteiger charge is -2.05. The van der Waals surface area contributed by atoms with E-state index in [0.717, 1.165) is 18.4 Å². The normalized spacial score (nSPS) is 12.6. The Kier molecular flexibility index (Phi) is 5.40. The Morgan fingerprint density at radius 3 is 2.85 bits per heavy atom. The van der Waals surface area contributed by atoms with Crippen LogP contribution in [0.5, 0.6) is 0 Å². The summed E-state index contributed by atoms with van der Waals surface area (Å²) >= 11 is 12.0. The summed E-state index contributed by atoms with van der Waals surface area (Å²) in [6.45, 7) is 2.10. The van der Waals surface area contributed by atoms with E-state index >= 15 is 0 Å². The number of nitrogens with zero attached hydrogens (tertiary/aromatic N) is 2. The molecule has 2 N–H and O–H groups in total. The van der Waals surface area contributed by atoms with Gasteiger partial charge in [0.1, 0.15) is 0 Å². The highest BCUT2D eigenvalue weighted by atomic mass is 35.5. The zero-order valence-electron chi connectivity index (χ0n) is 11.3. The zero-order valence-corrected chi connectivity index (χ0v) is 12.8. The summed E-state index contributed by atoms with van der Waals surface area (Å²) in [4.78, 5) is 4.34. The van der Waals surface area contributed by atoms with Crippen LogP contribution in [0, 0.1) is 0 Å². The van der Waals surface area contributed by atoms with E-state index in [-0.39, 0.29) is 6.04 Å². The first-order chi connectivity index (χ1) is 9.58. The topological polar surface area (TPSA) is 64.9 Å². The summed E-state index contributed by atoms with van der Waals surface area (Å²) in [6, 6.07) is 5.42. The third kappa shape index (κ3) is 4.20. The highest BCUT2D eigenvalue weighted by Crippen LogP contribution is 2.22. The van der Waals surface area contributed by atoms with Gasteiger partial charge in [0.05, 0.1) is 0 Å². The second kappa shape index (κ2) is 7.07. The average Bonchev–Trinajstić information content (AvgIpc) is 2.80. The lowest BCUT2D eigenvalue weighted by molar-refractivity contribution is 0.361. The molecule has 2 aromatic rings. The fourth-order valence-electron chi connectivity index (χ4n) is 1.98. The molecular formula is C14H17Cl2N3O. The SMILES string of the molecule is CCCC(N)Cc1nc(Cc2ccc(Cl)cc2Cl)no1. The highest BCUT2D eigenvalue weighted by Gasteiger charge is 2.12. The average molecular weight is 314 g/mol. The molecule has 1 aromatic carbocycles. The molecule has 108 valence electrons. The summed E-state index contributed by atoms with van der Waals surface area (Å²) in [5.41, 5.74) is 6.87. The van der Waals surface area contributed by atoms with E-state index in [4.69, 9.17) is 33.5 Å². The van der Waals surface area contributed by atoms with Gasteiger partial charge in [0, 0.05) is 28.9 Å². The molecule has 0 spiro atoms. The largest absolute Gasteiger partial charge is 0.339 e. The number of hydrogen-bond acceptors (Lipinski definition) is 4. The Morgan fingerprint density at radius 2 is 2.15 bits per heavy atom. The maximum Gasteiger partial charge on any atom is 0.228 e. The molecule has 1 atom stereocenters. The second-order valence-corrected chi connectivity index (χ2v) is 5.61. The van der Waals surface area contributed by atoms with Gasteiger partial charge in [-0.2, -0.15) is 4.98 Å². The smallest absolute Gasteiger partial charge is 0.228 e. The van der Waals surface area contributed by atoms with Crippen LogP contribution in [-0.2, 0) is 12.8 Å². The van der Waals surface area contributed by atoms with Gasteiger partial charge in [-0.15, -0.1) is 0 Å². The fraction of sp³-hybridized carbons (Fsp3) is 0.429. The number of hydrogen-bond donors (Lipinski definition) is 1. The summed E-state index contributed by atoms with van der Waals surface area (Å²) in [7, 11) is 0. The van der Waals surface area contributed by atoms with Crippen molar-refractivity contribution in [3.63, 3.8) is 0 Å². The first-order valence-corrected chi connectivity index (χ1v) is 7.35. The highest BCUT2D eigenvalue weighted by molar-refractivity contribution is 6.35. The Balaban J connectivity index is 2.02. The molecule has 1 unspecified atom stereocenters. The van der Waals surface area contributed by atoms with Gasteiger partial charge in [0.15, 0.2) is 5.82 Å². The van der Waals surface area contributed by atoms with E-state index in [0.29, 0.717) is 34.6 Å². The maximum absolute atomic E-state index is 6.12. The van der Waals surface area contributed by atoms with Crippen molar-refractivity contribution >= 4 is 23.2 Å². The van der Waals surface area contributed by atoms with Crippen LogP contribution in [0.1, 0.15) is 37.0 Å². The van der Waals surface area contributed by atoms with E-state index in [9.17, 15) is 0 Å². The van der Waals surface area contributed by atoms with Crippen LogP contribution >= 0.6 is 23.2 Å². The van der Waals surface area contributed by atoms with Gasteiger partial charge in [-0.25, -0.2) is 0 Å². The van der Waals surface area contributed by atoms with Crippen LogP contribution in [0.25, 0.3) is 0 Å². The van der Waals surface area contributed by atoms with Crippen molar-refractivity contribution in [2.24, 2.45) is 5.73 Å². The maximum atomic E-state index is 6.12. The molecule has 0 aliphatic rings. The molecule has 0 aliphatic heterocycles. The monoisotopic (exact) mass is 313 g/mol. The zero-order chi connectivity index (χ0) is 14.5. The molecule has 0 aliphatic carbocycles. The summed E-state index contributed by atoms with van der Waals surface area (Å²) in [6.07, 6.45) is 3.11. The Bertz CT molecular complexity index is 571. The van der Waals surface area contributed by atoms with Gasteiger partial charge in [-0.3, -0.25) is 0 Å². The number of rotatable bonds is 6. The molecule has 4 nitrogen and oxygen atoms in total. The van der Waals surface area contributed by atoms with Crippen molar-refractivity contribution in [3.05, 3.63) is 45.5 Å². The first kappa shape index (κ1) is 15.3. The van der Waals surface area contributed by atoms with Crippen molar-refractivity contribution < 1.29 is 4.52 Å². The molecule has 0 saturated carbocycles. The molecule has 1 heterocycles. The van der Waals surface area contributed by atoms with Crippen molar-refractivity contribution in [1.82, 2.24) is 10.1 Å². The van der Waals surface area contributed by atoms with E-state index in [1.54, 1.807) is 12.1 Å². The molecule has 6 heteroatoms. The van der Waals surface area contributed by atoms with Crippen molar-refractivity contribution in [1.29, 1.82) is 0 Å². The molecule has 20 heavy (non-hydrogen) atoms. The lowest BCUT2D eigenvalue weighted by atomic mass is 10.1. The number of benzene rings is 1. The molecule has 0 saturated heterocycles. The third-order valence-electron chi connectivity index (χ3n) is 2.97. The predicted molar refractivity (Wildman–Crippen MR) is 80.2 cm³/mol. The standard InChI is InChI=1S/C14H17Cl2N3O/c1-2-3-11(17)8-14-18-13(19-20-14)6-9-4-5-10(15)7-12(9)16/h4-5,7,11H,2-3,6,8,17H2,1H3. The van der Waals surface area contributed by atoms with Crippen LogP contribution in [0.15, 0.2) is 22.7 Å². The first-order valence-electron chi connectivity index (χ1n) is 6.59. The molecular weight excluding hydrogens is 297 g/mol. The van der Waals surface area contributed by atoms with Crippen molar-refractivity contribution in [3.8, 4) is 0 Å². The molecule has 0 bridgehead atoms. The summed E-state index contributed by atoms with van der Waals surface area (Å²) in [5, 5.41) is 5.17. The van der Waals surface area contributed by atoms with Crippen molar-refractivity contribution in [2.75, 3.05) is 0 Å². The van der Waals surface area contributed by atoms with Gasteiger partial charge >= 0.3 is 0 Å². The van der Waals surface area contributed by atoms with E-state index in [2.05, 4.69) is 17.1 Å². The fourth-order valence-corrected chi connectivity index (χ4v) is 2.45. The minimum atomic E-state index is 0.0624. The third-order valence-corrected chi connectivity index (χ3v) is 3.56. The quantitative estimate of drug-likeness (QED) is 0.884. The molecule has 0 amide bonds. The van der Waals surface area contributed by atoms with Gasteiger partial charge < -0.3 is 10.3 Å². The molecule has 1 aromatic heterocycles. The molecule has 0 radical (unpaired) electrons. The summed E-state index contributed by atoms with van der Waals surface area (Å²) < 4.78 is 5.21. The Morgan fingerprint density at radius 1 is 1.35 bits per heavy atom. The molecule has 0 fully saturated rings. The second-order valence-electron chi connectivity index (χ2n) is 4.77. The van der Waals surface area contributed by atoms with Gasteiger partial charge in [0.25, 0.3) is 0 Å². The number of aromatic nitrogens is 2. The van der Waals surface area contributed by atoms with Crippen LogP contribution in [-0.4, -0.2) is 16.2 Å². The van der Waals surface area contributed by atoms with Gasteiger partial charge in [-0.1, -0.05) is 47.8 Å². The van der Waals surface area contributed by atoms with E-state index in [1.165, 1.54) is 0 Å². The van der Waals surface area contributed by atoms with Crippen LogP contribution in [0.2, 0.25) is 10.0 Å². The van der Waals surface area contributed by atoms with Gasteiger partial charge in [-0.05, 0) is 24.1 Å².